The van der Waals surface area contributed by atoms with Crippen LogP contribution in [0.1, 0.15) is 24.3 Å². The number of aliphatic hydroxyl groups is 1. The molecule has 2 aliphatic heterocycles. The van der Waals surface area contributed by atoms with Crippen molar-refractivity contribution in [2.24, 2.45) is 0 Å². The van der Waals surface area contributed by atoms with Gasteiger partial charge in [0.1, 0.15) is 0 Å². The molecule has 102 valence electrons. The predicted octanol–water partition coefficient (Wildman–Crippen LogP) is 0.725. The lowest BCUT2D eigenvalue weighted by atomic mass is 9.99. The number of nitrogens with zero attached hydrogens (tertiary/aromatic N) is 1. The van der Waals surface area contributed by atoms with Crippen molar-refractivity contribution in [1.82, 2.24) is 10.2 Å². The lowest BCUT2D eigenvalue weighted by Gasteiger charge is -2.20. The fourth-order valence-corrected chi connectivity index (χ4v) is 3.08. The molecule has 0 radical (unpaired) electrons. The highest BCUT2D eigenvalue weighted by Gasteiger charge is 2.34. The van der Waals surface area contributed by atoms with Crippen molar-refractivity contribution in [2.75, 3.05) is 19.6 Å². The Morgan fingerprint density at radius 3 is 2.79 bits per heavy atom. The number of rotatable bonds is 2. The minimum Gasteiger partial charge on any atom is -0.392 e. The smallest absolute Gasteiger partial charge is 0.239 e. The minimum absolute atomic E-state index is 0.148. The van der Waals surface area contributed by atoms with E-state index in [1.807, 2.05) is 11.0 Å². The van der Waals surface area contributed by atoms with Gasteiger partial charge < -0.3 is 15.3 Å². The highest BCUT2D eigenvalue weighted by atomic mass is 16.3. The molecule has 4 heteroatoms. The van der Waals surface area contributed by atoms with E-state index in [9.17, 15) is 9.90 Å². The van der Waals surface area contributed by atoms with Gasteiger partial charge in [0, 0.05) is 25.6 Å². The van der Waals surface area contributed by atoms with Crippen LogP contribution in [0.25, 0.3) is 0 Å². The van der Waals surface area contributed by atoms with Crippen molar-refractivity contribution in [3.63, 3.8) is 0 Å². The zero-order valence-electron chi connectivity index (χ0n) is 11.0. The summed E-state index contributed by atoms with van der Waals surface area (Å²) in [5.74, 6) is 0.603. The van der Waals surface area contributed by atoms with E-state index in [2.05, 4.69) is 29.6 Å². The summed E-state index contributed by atoms with van der Waals surface area (Å²) in [6.45, 7) is 2.16. The molecule has 0 spiro atoms. The fraction of sp³-hybridized carbons (Fsp3) is 0.533. The molecule has 2 fully saturated rings. The first-order valence-corrected chi connectivity index (χ1v) is 6.99. The number of β-amino-alcohol motifs (C(OH)–C–C–N with tert-alkyl or cyclic N) is 1. The Balaban J connectivity index is 1.61. The Kier molecular flexibility index (Phi) is 3.53. The van der Waals surface area contributed by atoms with Crippen molar-refractivity contribution in [2.45, 2.75) is 30.9 Å². The first-order valence-electron chi connectivity index (χ1n) is 6.99. The number of carbonyl (C=O) groups excluding carboxylic acids is 1. The second kappa shape index (κ2) is 5.31. The van der Waals surface area contributed by atoms with Crippen molar-refractivity contribution in [3.05, 3.63) is 35.9 Å². The first-order chi connectivity index (χ1) is 9.24. The van der Waals surface area contributed by atoms with Crippen molar-refractivity contribution >= 4 is 5.91 Å². The summed E-state index contributed by atoms with van der Waals surface area (Å²) >= 11 is 0. The number of aliphatic hydroxyl groups excluding tert-OH is 1. The molecule has 0 saturated carbocycles. The highest BCUT2D eigenvalue weighted by molar-refractivity contribution is 5.82. The number of carbonyl (C=O) groups is 1. The van der Waals surface area contributed by atoms with E-state index >= 15 is 0 Å². The Morgan fingerprint density at radius 1 is 1.32 bits per heavy atom. The molecule has 19 heavy (non-hydrogen) atoms. The summed E-state index contributed by atoms with van der Waals surface area (Å²) in [6, 6.07) is 10.2. The third-order valence-electron chi connectivity index (χ3n) is 4.18. The number of hydrogen-bond acceptors (Lipinski definition) is 3. The molecule has 4 nitrogen and oxygen atoms in total. The van der Waals surface area contributed by atoms with Gasteiger partial charge in [-0.1, -0.05) is 30.3 Å². The van der Waals surface area contributed by atoms with Gasteiger partial charge in [-0.2, -0.15) is 0 Å². The molecular formula is C15H20N2O2. The van der Waals surface area contributed by atoms with Crippen LogP contribution in [-0.2, 0) is 4.79 Å². The largest absolute Gasteiger partial charge is 0.392 e. The van der Waals surface area contributed by atoms with E-state index in [1.165, 1.54) is 5.56 Å². The van der Waals surface area contributed by atoms with Crippen LogP contribution < -0.4 is 5.32 Å². The molecule has 0 bridgehead atoms. The van der Waals surface area contributed by atoms with Crippen LogP contribution in [0.2, 0.25) is 0 Å². The summed E-state index contributed by atoms with van der Waals surface area (Å²) in [5.41, 5.74) is 1.32. The number of amides is 1. The molecule has 0 unspecified atom stereocenters. The van der Waals surface area contributed by atoms with Gasteiger partial charge in [-0.05, 0) is 18.4 Å². The van der Waals surface area contributed by atoms with Gasteiger partial charge >= 0.3 is 0 Å². The Morgan fingerprint density at radius 2 is 2.11 bits per heavy atom. The van der Waals surface area contributed by atoms with E-state index in [0.717, 1.165) is 19.5 Å². The molecule has 1 aromatic carbocycles. The van der Waals surface area contributed by atoms with Crippen LogP contribution in [0, 0.1) is 0 Å². The molecule has 3 rings (SSSR count). The molecule has 0 aromatic heterocycles. The quantitative estimate of drug-likeness (QED) is 0.824. The van der Waals surface area contributed by atoms with E-state index in [0.29, 0.717) is 18.9 Å². The number of benzene rings is 1. The second-order valence-electron chi connectivity index (χ2n) is 5.53. The molecule has 2 saturated heterocycles. The normalized spacial score (nSPS) is 30.8. The molecular weight excluding hydrogens is 240 g/mol. The summed E-state index contributed by atoms with van der Waals surface area (Å²) < 4.78 is 0. The van der Waals surface area contributed by atoms with Gasteiger partial charge in [-0.15, -0.1) is 0 Å². The maximum atomic E-state index is 12.3. The zero-order chi connectivity index (χ0) is 13.2. The van der Waals surface area contributed by atoms with Gasteiger partial charge in [0.15, 0.2) is 0 Å². The van der Waals surface area contributed by atoms with Crippen LogP contribution in [0.5, 0.6) is 0 Å². The van der Waals surface area contributed by atoms with Crippen molar-refractivity contribution < 1.29 is 9.90 Å². The first kappa shape index (κ1) is 12.6. The van der Waals surface area contributed by atoms with E-state index in [-0.39, 0.29) is 18.1 Å². The summed E-state index contributed by atoms with van der Waals surface area (Å²) in [7, 11) is 0. The number of likely N-dealkylation sites (tertiary alicyclic amines) is 1. The average Bonchev–Trinajstić information content (AvgIpc) is 3.08. The molecule has 1 aromatic rings. The summed E-state index contributed by atoms with van der Waals surface area (Å²) in [4.78, 5) is 14.3. The minimum atomic E-state index is -0.374. The monoisotopic (exact) mass is 260 g/mol. The van der Waals surface area contributed by atoms with Crippen LogP contribution >= 0.6 is 0 Å². The van der Waals surface area contributed by atoms with E-state index in [1.54, 1.807) is 0 Å². The fourth-order valence-electron chi connectivity index (χ4n) is 3.08. The lowest BCUT2D eigenvalue weighted by molar-refractivity contribution is -0.132. The molecule has 3 atom stereocenters. The maximum Gasteiger partial charge on any atom is 0.239 e. The van der Waals surface area contributed by atoms with Crippen LogP contribution in [0.15, 0.2) is 30.3 Å². The average molecular weight is 260 g/mol. The third-order valence-corrected chi connectivity index (χ3v) is 4.18. The zero-order valence-corrected chi connectivity index (χ0v) is 11.0. The number of hydrogen-bond donors (Lipinski definition) is 2. The molecule has 2 N–H and O–H groups in total. The van der Waals surface area contributed by atoms with Crippen molar-refractivity contribution in [1.29, 1.82) is 0 Å². The molecule has 0 aliphatic carbocycles. The predicted molar refractivity (Wildman–Crippen MR) is 72.8 cm³/mol. The lowest BCUT2D eigenvalue weighted by Crippen LogP contribution is -2.42. The van der Waals surface area contributed by atoms with Gasteiger partial charge in [-0.25, -0.2) is 0 Å². The second-order valence-corrected chi connectivity index (χ2v) is 5.53. The standard InChI is InChI=1S/C15H20N2O2/c18-13-8-14(16-9-13)15(19)17-7-6-12(10-17)11-4-2-1-3-5-11/h1-5,12-14,16,18H,6-10H2/t12-,13+,14+/m1/s1. The van der Waals surface area contributed by atoms with E-state index in [4.69, 9.17) is 0 Å². The Labute approximate surface area is 113 Å². The molecule has 1 amide bonds. The molecule has 2 heterocycles. The van der Waals surface area contributed by atoms with Crippen LogP contribution in [-0.4, -0.2) is 47.7 Å². The topological polar surface area (TPSA) is 52.6 Å². The Hall–Kier alpha value is -1.39. The number of nitrogens with one attached hydrogen (secondary N) is 1. The van der Waals surface area contributed by atoms with Gasteiger partial charge in [-0.3, -0.25) is 4.79 Å². The van der Waals surface area contributed by atoms with E-state index < -0.39 is 0 Å². The van der Waals surface area contributed by atoms with Gasteiger partial charge in [0.2, 0.25) is 5.91 Å². The maximum absolute atomic E-state index is 12.3. The highest BCUT2D eigenvalue weighted by Crippen LogP contribution is 2.27. The Bertz CT molecular complexity index is 449. The summed E-state index contributed by atoms with van der Waals surface area (Å²) in [5, 5.41) is 12.6. The third kappa shape index (κ3) is 2.65. The van der Waals surface area contributed by atoms with Gasteiger partial charge in [0.25, 0.3) is 0 Å². The van der Waals surface area contributed by atoms with Crippen molar-refractivity contribution in [3.8, 4) is 0 Å². The summed E-state index contributed by atoms with van der Waals surface area (Å²) in [6.07, 6.45) is 1.21. The molecule has 2 aliphatic rings. The van der Waals surface area contributed by atoms with Crippen LogP contribution in [0.3, 0.4) is 0 Å². The SMILES string of the molecule is O=C([C@@H]1C[C@H](O)CN1)N1CC[C@@H](c2ccccc2)C1. The van der Waals surface area contributed by atoms with Gasteiger partial charge in [0.05, 0.1) is 12.1 Å². The van der Waals surface area contributed by atoms with Crippen LogP contribution in [0.4, 0.5) is 0 Å².